The molecule has 4 N–H and O–H groups in total. The van der Waals surface area contributed by atoms with Gasteiger partial charge < -0.3 is 21.3 Å². The molecule has 1 saturated heterocycles. The number of aromatic nitrogens is 1. The van der Waals surface area contributed by atoms with E-state index in [1.807, 2.05) is 34.5 Å². The molecule has 2 unspecified atom stereocenters. The van der Waals surface area contributed by atoms with Crippen LogP contribution >= 0.6 is 23.7 Å². The van der Waals surface area contributed by atoms with E-state index in [4.69, 9.17) is 5.73 Å². The van der Waals surface area contributed by atoms with Crippen molar-refractivity contribution in [2.75, 3.05) is 19.6 Å². The van der Waals surface area contributed by atoms with Crippen LogP contribution in [0.5, 0.6) is 0 Å². The number of hydrogen-bond acceptors (Lipinski definition) is 5. The molecule has 1 fully saturated rings. The van der Waals surface area contributed by atoms with Gasteiger partial charge in [0.05, 0.1) is 18.5 Å². The Balaban J connectivity index is 0.00000243. The van der Waals surface area contributed by atoms with E-state index < -0.39 is 12.1 Å². The predicted octanol–water partition coefficient (Wildman–Crippen LogP) is 1.84. The molecule has 0 spiro atoms. The molecule has 3 heterocycles. The van der Waals surface area contributed by atoms with Gasteiger partial charge in [-0.1, -0.05) is 12.1 Å². The molecule has 2 atom stereocenters. The molecule has 3 amide bonds. The molecule has 2 aromatic heterocycles. The Kier molecular flexibility index (Phi) is 7.38. The summed E-state index contributed by atoms with van der Waals surface area (Å²) in [5.74, 6) is -0.0116. The van der Waals surface area contributed by atoms with Crippen molar-refractivity contribution in [3.63, 3.8) is 0 Å². The number of hydrogen-bond donors (Lipinski definition) is 3. The second-order valence-electron chi connectivity index (χ2n) is 5.87. The van der Waals surface area contributed by atoms with Gasteiger partial charge in [0.15, 0.2) is 0 Å². The summed E-state index contributed by atoms with van der Waals surface area (Å²) in [6, 6.07) is 6.54. The van der Waals surface area contributed by atoms with Crippen LogP contribution in [-0.2, 0) is 4.79 Å². The van der Waals surface area contributed by atoms with Crippen molar-refractivity contribution in [2.24, 2.45) is 5.73 Å². The summed E-state index contributed by atoms with van der Waals surface area (Å²) in [6.07, 6.45) is 3.69. The summed E-state index contributed by atoms with van der Waals surface area (Å²) >= 11 is 1.50. The highest BCUT2D eigenvalue weighted by atomic mass is 35.5. The number of urea groups is 1. The molecule has 0 radical (unpaired) electrons. The number of carbonyl (C=O) groups excluding carboxylic acids is 2. The minimum atomic E-state index is -0.629. The highest BCUT2D eigenvalue weighted by Crippen LogP contribution is 2.27. The first-order chi connectivity index (χ1) is 12.1. The molecular weight excluding hydrogens is 374 g/mol. The maximum atomic E-state index is 13.0. The first-order valence-corrected chi connectivity index (χ1v) is 9.02. The van der Waals surface area contributed by atoms with E-state index in [2.05, 4.69) is 15.6 Å². The second-order valence-corrected chi connectivity index (χ2v) is 6.85. The average Bonchev–Trinajstić information content (AvgIpc) is 3.16. The van der Waals surface area contributed by atoms with Gasteiger partial charge in [-0.15, -0.1) is 23.7 Å². The average molecular weight is 396 g/mol. The number of nitrogens with one attached hydrogen (secondary N) is 2. The molecule has 7 nitrogen and oxygen atoms in total. The van der Waals surface area contributed by atoms with Crippen molar-refractivity contribution in [1.82, 2.24) is 20.5 Å². The number of halogens is 1. The topological polar surface area (TPSA) is 100 Å². The van der Waals surface area contributed by atoms with Gasteiger partial charge >= 0.3 is 6.03 Å². The zero-order valence-electron chi connectivity index (χ0n) is 14.1. The van der Waals surface area contributed by atoms with Crippen LogP contribution in [-0.4, -0.2) is 41.5 Å². The molecule has 0 aromatic carbocycles. The van der Waals surface area contributed by atoms with E-state index in [0.29, 0.717) is 13.1 Å². The van der Waals surface area contributed by atoms with Gasteiger partial charge in [0.1, 0.15) is 0 Å². The highest BCUT2D eigenvalue weighted by molar-refractivity contribution is 7.10. The number of primary amides is 1. The summed E-state index contributed by atoms with van der Waals surface area (Å²) in [4.78, 5) is 31.2. The fraction of sp³-hybridized carbons (Fsp3) is 0.353. The van der Waals surface area contributed by atoms with Gasteiger partial charge in [0, 0.05) is 36.9 Å². The van der Waals surface area contributed by atoms with Crippen LogP contribution in [0.25, 0.3) is 0 Å². The van der Waals surface area contributed by atoms with Crippen molar-refractivity contribution in [3.8, 4) is 0 Å². The van der Waals surface area contributed by atoms with E-state index >= 15 is 0 Å². The Morgan fingerprint density at radius 1 is 1.42 bits per heavy atom. The molecule has 0 bridgehead atoms. The Morgan fingerprint density at radius 3 is 2.92 bits per heavy atom. The number of nitrogens with zero attached hydrogens (tertiary/aromatic N) is 2. The number of carbonyl (C=O) groups is 2. The quantitative estimate of drug-likeness (QED) is 0.719. The number of nitrogens with two attached hydrogens (primary N) is 1. The lowest BCUT2D eigenvalue weighted by Gasteiger charge is -2.37. The third-order valence-electron chi connectivity index (χ3n) is 4.21. The van der Waals surface area contributed by atoms with Crippen LogP contribution in [0, 0.1) is 0 Å². The van der Waals surface area contributed by atoms with Crippen molar-refractivity contribution in [1.29, 1.82) is 0 Å². The van der Waals surface area contributed by atoms with Gasteiger partial charge in [0.2, 0.25) is 5.91 Å². The minimum absolute atomic E-state index is 0. The normalized spacial score (nSPS) is 17.8. The van der Waals surface area contributed by atoms with Crippen LogP contribution in [0.4, 0.5) is 4.79 Å². The summed E-state index contributed by atoms with van der Waals surface area (Å²) in [5.41, 5.74) is 6.28. The minimum Gasteiger partial charge on any atom is -0.352 e. The lowest BCUT2D eigenvalue weighted by atomic mass is 10.0. The molecule has 140 valence electrons. The first-order valence-electron chi connectivity index (χ1n) is 8.14. The maximum Gasteiger partial charge on any atom is 0.312 e. The van der Waals surface area contributed by atoms with E-state index in [1.165, 1.54) is 11.3 Å². The van der Waals surface area contributed by atoms with Crippen LogP contribution in [0.2, 0.25) is 0 Å². The van der Waals surface area contributed by atoms with E-state index in [0.717, 1.165) is 17.0 Å². The Bertz CT molecular complexity index is 713. The summed E-state index contributed by atoms with van der Waals surface area (Å²) in [6.45, 7) is 2.05. The first kappa shape index (κ1) is 20.2. The van der Waals surface area contributed by atoms with Gasteiger partial charge in [0.25, 0.3) is 0 Å². The summed E-state index contributed by atoms with van der Waals surface area (Å²) in [5, 5.41) is 7.92. The van der Waals surface area contributed by atoms with Crippen LogP contribution < -0.4 is 16.4 Å². The van der Waals surface area contributed by atoms with Gasteiger partial charge in [-0.3, -0.25) is 9.78 Å². The Labute approximate surface area is 162 Å². The number of pyridine rings is 1. The zero-order valence-corrected chi connectivity index (χ0v) is 15.8. The molecule has 0 saturated carbocycles. The van der Waals surface area contributed by atoms with Crippen LogP contribution in [0.15, 0.2) is 42.0 Å². The lowest BCUT2D eigenvalue weighted by Crippen LogP contribution is -2.49. The molecule has 9 heteroatoms. The van der Waals surface area contributed by atoms with Crippen molar-refractivity contribution in [2.45, 2.75) is 18.5 Å². The fourth-order valence-electron chi connectivity index (χ4n) is 3.05. The molecule has 2 aromatic rings. The number of amides is 3. The van der Waals surface area contributed by atoms with E-state index in [-0.39, 0.29) is 30.8 Å². The Morgan fingerprint density at radius 2 is 2.27 bits per heavy atom. The monoisotopic (exact) mass is 395 g/mol. The van der Waals surface area contributed by atoms with Crippen molar-refractivity contribution >= 4 is 35.7 Å². The number of thiophene rings is 1. The van der Waals surface area contributed by atoms with Crippen LogP contribution in [0.1, 0.15) is 28.9 Å². The Hall–Kier alpha value is -2.16. The third kappa shape index (κ3) is 4.94. The highest BCUT2D eigenvalue weighted by Gasteiger charge is 2.30. The summed E-state index contributed by atoms with van der Waals surface area (Å²) in [7, 11) is 0. The maximum absolute atomic E-state index is 13.0. The largest absolute Gasteiger partial charge is 0.352 e. The van der Waals surface area contributed by atoms with Gasteiger partial charge in [-0.05, 0) is 23.1 Å². The predicted molar refractivity (Wildman–Crippen MR) is 103 cm³/mol. The SMILES string of the molecule is Cl.NC(=O)NC(CC(=O)N1CCNCC1c1cccnc1)c1cccs1. The number of rotatable bonds is 5. The van der Waals surface area contributed by atoms with Gasteiger partial charge in [-0.25, -0.2) is 4.79 Å². The van der Waals surface area contributed by atoms with Crippen molar-refractivity contribution < 1.29 is 9.59 Å². The number of piperazine rings is 1. The third-order valence-corrected chi connectivity index (χ3v) is 5.20. The molecule has 1 aliphatic rings. The fourth-order valence-corrected chi connectivity index (χ4v) is 3.83. The molecule has 1 aliphatic heterocycles. The second kappa shape index (κ2) is 9.51. The van der Waals surface area contributed by atoms with E-state index in [1.54, 1.807) is 12.4 Å². The lowest BCUT2D eigenvalue weighted by molar-refractivity contribution is -0.135. The smallest absolute Gasteiger partial charge is 0.312 e. The molecule has 3 rings (SSSR count). The van der Waals surface area contributed by atoms with Gasteiger partial charge in [-0.2, -0.15) is 0 Å². The van der Waals surface area contributed by atoms with Crippen molar-refractivity contribution in [3.05, 3.63) is 52.5 Å². The van der Waals surface area contributed by atoms with Crippen LogP contribution in [0.3, 0.4) is 0 Å². The van der Waals surface area contributed by atoms with E-state index in [9.17, 15) is 9.59 Å². The molecule has 26 heavy (non-hydrogen) atoms. The molecule has 0 aliphatic carbocycles. The molecular formula is C17H22ClN5O2S. The zero-order chi connectivity index (χ0) is 17.6. The standard InChI is InChI=1S/C17H21N5O2S.ClH/c18-17(24)21-13(15-4-2-8-25-15)9-16(23)22-7-6-20-11-14(22)12-3-1-5-19-10-12;/h1-5,8,10,13-14,20H,6-7,9,11H2,(H3,18,21,24);1H. The summed E-state index contributed by atoms with van der Waals surface area (Å²) < 4.78 is 0.